The summed E-state index contributed by atoms with van der Waals surface area (Å²) < 4.78 is 17.4. The molecular formula is C16H24N2O3S. The van der Waals surface area contributed by atoms with Gasteiger partial charge in [0.05, 0.1) is 6.61 Å². The van der Waals surface area contributed by atoms with Crippen molar-refractivity contribution in [1.82, 2.24) is 5.32 Å². The molecule has 1 saturated heterocycles. The SMILES string of the molecule is CC(C)(C)S(=O)Cc1cccc(NC(=O)C2CNCCO2)c1. The summed E-state index contributed by atoms with van der Waals surface area (Å²) in [6.45, 7) is 7.73. The maximum absolute atomic E-state index is 12.2. The van der Waals surface area contributed by atoms with E-state index in [1.165, 1.54) is 0 Å². The molecule has 0 aromatic heterocycles. The van der Waals surface area contributed by atoms with E-state index in [0.29, 0.717) is 24.6 Å². The molecule has 1 aromatic rings. The first-order chi connectivity index (χ1) is 10.4. The third kappa shape index (κ3) is 4.90. The number of amides is 1. The van der Waals surface area contributed by atoms with Crippen molar-refractivity contribution in [3.63, 3.8) is 0 Å². The summed E-state index contributed by atoms with van der Waals surface area (Å²) in [5, 5.41) is 5.99. The van der Waals surface area contributed by atoms with Gasteiger partial charge < -0.3 is 15.4 Å². The van der Waals surface area contributed by atoms with Crippen LogP contribution in [0.25, 0.3) is 0 Å². The van der Waals surface area contributed by atoms with E-state index in [-0.39, 0.29) is 10.7 Å². The summed E-state index contributed by atoms with van der Waals surface area (Å²) in [6, 6.07) is 7.50. The number of nitrogens with one attached hydrogen (secondary N) is 2. The number of hydrogen-bond donors (Lipinski definition) is 2. The Morgan fingerprint density at radius 3 is 2.86 bits per heavy atom. The zero-order chi connectivity index (χ0) is 16.2. The molecule has 0 saturated carbocycles. The fourth-order valence-corrected chi connectivity index (χ4v) is 2.98. The fourth-order valence-electron chi connectivity index (χ4n) is 2.06. The minimum atomic E-state index is -0.961. The summed E-state index contributed by atoms with van der Waals surface area (Å²) in [7, 11) is -0.961. The minimum Gasteiger partial charge on any atom is -0.366 e. The molecule has 1 aliphatic rings. The van der Waals surface area contributed by atoms with Crippen LogP contribution in [0, 0.1) is 0 Å². The lowest BCUT2D eigenvalue weighted by atomic mass is 10.2. The summed E-state index contributed by atoms with van der Waals surface area (Å²) in [6.07, 6.45) is -0.457. The Labute approximate surface area is 134 Å². The van der Waals surface area contributed by atoms with E-state index in [9.17, 15) is 9.00 Å². The van der Waals surface area contributed by atoms with Gasteiger partial charge in [0.2, 0.25) is 0 Å². The number of carbonyl (C=O) groups is 1. The summed E-state index contributed by atoms with van der Waals surface area (Å²) >= 11 is 0. The maximum atomic E-state index is 12.2. The lowest BCUT2D eigenvalue weighted by Gasteiger charge is -2.23. The average molecular weight is 324 g/mol. The van der Waals surface area contributed by atoms with E-state index in [1.807, 2.05) is 45.0 Å². The largest absolute Gasteiger partial charge is 0.366 e. The van der Waals surface area contributed by atoms with Crippen molar-refractivity contribution < 1.29 is 13.7 Å². The van der Waals surface area contributed by atoms with Crippen molar-refractivity contribution in [3.05, 3.63) is 29.8 Å². The zero-order valence-corrected chi connectivity index (χ0v) is 14.2. The highest BCUT2D eigenvalue weighted by atomic mass is 32.2. The van der Waals surface area contributed by atoms with Crippen molar-refractivity contribution in [2.45, 2.75) is 37.4 Å². The molecule has 122 valence electrons. The van der Waals surface area contributed by atoms with Crippen LogP contribution in [-0.4, -0.2) is 40.7 Å². The van der Waals surface area contributed by atoms with Crippen molar-refractivity contribution in [1.29, 1.82) is 0 Å². The molecule has 1 heterocycles. The van der Waals surface area contributed by atoms with E-state index < -0.39 is 16.9 Å². The van der Waals surface area contributed by atoms with Gasteiger partial charge in [-0.15, -0.1) is 0 Å². The van der Waals surface area contributed by atoms with Gasteiger partial charge in [-0.2, -0.15) is 0 Å². The zero-order valence-electron chi connectivity index (χ0n) is 13.3. The second-order valence-electron chi connectivity index (χ2n) is 6.36. The molecule has 2 atom stereocenters. The van der Waals surface area contributed by atoms with Crippen LogP contribution < -0.4 is 10.6 Å². The molecule has 5 nitrogen and oxygen atoms in total. The quantitative estimate of drug-likeness (QED) is 0.884. The van der Waals surface area contributed by atoms with Crippen molar-refractivity contribution in [3.8, 4) is 0 Å². The van der Waals surface area contributed by atoms with Gasteiger partial charge >= 0.3 is 0 Å². The van der Waals surface area contributed by atoms with Gasteiger partial charge in [-0.1, -0.05) is 12.1 Å². The molecule has 0 radical (unpaired) electrons. The smallest absolute Gasteiger partial charge is 0.254 e. The Hall–Kier alpha value is -1.24. The highest BCUT2D eigenvalue weighted by Gasteiger charge is 2.22. The van der Waals surface area contributed by atoms with E-state index >= 15 is 0 Å². The molecule has 0 bridgehead atoms. The van der Waals surface area contributed by atoms with E-state index in [2.05, 4.69) is 10.6 Å². The van der Waals surface area contributed by atoms with Crippen molar-refractivity contribution >= 4 is 22.4 Å². The van der Waals surface area contributed by atoms with Gasteiger partial charge in [0, 0.05) is 40.1 Å². The van der Waals surface area contributed by atoms with Crippen LogP contribution in [-0.2, 0) is 26.1 Å². The lowest BCUT2D eigenvalue weighted by molar-refractivity contribution is -0.128. The Kier molecular flexibility index (Phi) is 5.72. The van der Waals surface area contributed by atoms with Crippen LogP contribution in [0.3, 0.4) is 0 Å². The van der Waals surface area contributed by atoms with E-state index in [0.717, 1.165) is 12.1 Å². The predicted octanol–water partition coefficient (Wildman–Crippen LogP) is 1.66. The van der Waals surface area contributed by atoms with E-state index in [4.69, 9.17) is 4.74 Å². The number of ether oxygens (including phenoxy) is 1. The first-order valence-corrected chi connectivity index (χ1v) is 8.79. The fraction of sp³-hybridized carbons (Fsp3) is 0.562. The summed E-state index contributed by atoms with van der Waals surface area (Å²) in [5.41, 5.74) is 1.66. The molecule has 2 N–H and O–H groups in total. The van der Waals surface area contributed by atoms with Crippen LogP contribution in [0.2, 0.25) is 0 Å². The molecule has 2 rings (SSSR count). The van der Waals surface area contributed by atoms with Crippen LogP contribution in [0.1, 0.15) is 26.3 Å². The highest BCUT2D eigenvalue weighted by molar-refractivity contribution is 7.85. The molecule has 1 amide bonds. The van der Waals surface area contributed by atoms with Crippen LogP contribution in [0.4, 0.5) is 5.69 Å². The summed E-state index contributed by atoms with van der Waals surface area (Å²) in [4.78, 5) is 12.1. The van der Waals surface area contributed by atoms with Crippen molar-refractivity contribution in [2.75, 3.05) is 25.0 Å². The Morgan fingerprint density at radius 2 is 2.23 bits per heavy atom. The molecule has 6 heteroatoms. The number of hydrogen-bond acceptors (Lipinski definition) is 4. The molecule has 0 spiro atoms. The molecule has 1 aliphatic heterocycles. The summed E-state index contributed by atoms with van der Waals surface area (Å²) in [5.74, 6) is 0.329. The van der Waals surface area contributed by atoms with E-state index in [1.54, 1.807) is 0 Å². The number of anilines is 1. The number of rotatable bonds is 4. The Morgan fingerprint density at radius 1 is 1.45 bits per heavy atom. The van der Waals surface area contributed by atoms with Gasteiger partial charge in [-0.25, -0.2) is 0 Å². The first-order valence-electron chi connectivity index (χ1n) is 7.47. The molecule has 1 fully saturated rings. The van der Waals surface area contributed by atoms with Crippen LogP contribution >= 0.6 is 0 Å². The van der Waals surface area contributed by atoms with Crippen LogP contribution in [0.5, 0.6) is 0 Å². The molecule has 22 heavy (non-hydrogen) atoms. The number of benzene rings is 1. The molecule has 0 aliphatic carbocycles. The molecule has 2 unspecified atom stereocenters. The molecule has 1 aromatic carbocycles. The molecular weight excluding hydrogens is 300 g/mol. The van der Waals surface area contributed by atoms with Gasteiger partial charge in [0.15, 0.2) is 0 Å². The van der Waals surface area contributed by atoms with Gasteiger partial charge in [-0.05, 0) is 38.5 Å². The third-order valence-electron chi connectivity index (χ3n) is 3.40. The Bertz CT molecular complexity index is 549. The normalized spacial score (nSPS) is 20.4. The van der Waals surface area contributed by atoms with Gasteiger partial charge in [0.1, 0.15) is 6.10 Å². The van der Waals surface area contributed by atoms with Gasteiger partial charge in [0.25, 0.3) is 5.91 Å². The predicted molar refractivity (Wildman–Crippen MR) is 89.3 cm³/mol. The minimum absolute atomic E-state index is 0.152. The van der Waals surface area contributed by atoms with Crippen LogP contribution in [0.15, 0.2) is 24.3 Å². The topological polar surface area (TPSA) is 67.4 Å². The number of morpholine rings is 1. The first kappa shape index (κ1) is 17.1. The number of carbonyl (C=O) groups excluding carboxylic acids is 1. The second-order valence-corrected chi connectivity index (χ2v) is 8.56. The lowest BCUT2D eigenvalue weighted by Crippen LogP contribution is -2.45. The maximum Gasteiger partial charge on any atom is 0.254 e. The third-order valence-corrected chi connectivity index (χ3v) is 5.36. The highest BCUT2D eigenvalue weighted by Crippen LogP contribution is 2.19. The van der Waals surface area contributed by atoms with Crippen molar-refractivity contribution in [2.24, 2.45) is 0 Å². The average Bonchev–Trinajstić information content (AvgIpc) is 2.47. The second kappa shape index (κ2) is 7.35. The standard InChI is InChI=1S/C16H24N2O3S/c1-16(2,3)22(20)11-12-5-4-6-13(9-12)18-15(19)14-10-17-7-8-21-14/h4-6,9,14,17H,7-8,10-11H2,1-3H3,(H,18,19). The Balaban J connectivity index is 1.99. The monoisotopic (exact) mass is 324 g/mol. The van der Waals surface area contributed by atoms with Gasteiger partial charge in [-0.3, -0.25) is 9.00 Å².